The Morgan fingerprint density at radius 3 is 2.40 bits per heavy atom. The topological polar surface area (TPSA) is 21.3 Å². The molecule has 0 aliphatic rings. The molecule has 0 saturated heterocycles. The second kappa shape index (κ2) is 10.3. The Morgan fingerprint density at radius 2 is 1.80 bits per heavy atom. The Bertz CT molecular complexity index is 351. The van der Waals surface area contributed by atoms with Crippen molar-refractivity contribution in [3.63, 3.8) is 0 Å². The molecule has 0 spiro atoms. The molecule has 1 unspecified atom stereocenters. The lowest BCUT2D eigenvalue weighted by Gasteiger charge is -2.13. The van der Waals surface area contributed by atoms with Crippen LogP contribution in [0.5, 0.6) is 0 Å². The average Bonchev–Trinajstić information content (AvgIpc) is 2.43. The Kier molecular flexibility index (Phi) is 8.99. The molecular weight excluding hydrogens is 266 g/mol. The summed E-state index contributed by atoms with van der Waals surface area (Å²) < 4.78 is 5.63. The van der Waals surface area contributed by atoms with Gasteiger partial charge in [0.05, 0.1) is 6.61 Å². The minimum Gasteiger partial charge on any atom is -0.381 e. The predicted molar refractivity (Wildman–Crippen MR) is 89.5 cm³/mol. The molecule has 114 valence electrons. The highest BCUT2D eigenvalue weighted by molar-refractivity contribution is 7.99. The van der Waals surface area contributed by atoms with Crippen LogP contribution >= 0.6 is 11.8 Å². The zero-order valence-electron chi connectivity index (χ0n) is 13.3. The largest absolute Gasteiger partial charge is 0.381 e. The number of thioether (sulfide) groups is 1. The fraction of sp³-hybridized carbons (Fsp3) is 0.647. The molecule has 3 heteroatoms. The number of benzene rings is 1. The van der Waals surface area contributed by atoms with Crippen molar-refractivity contribution >= 4 is 11.8 Å². The fourth-order valence-electron chi connectivity index (χ4n) is 1.92. The SMILES string of the molecule is CCNC(C)c1ccc(SCCOCCC(C)C)cc1. The van der Waals surface area contributed by atoms with Gasteiger partial charge in [-0.05, 0) is 43.5 Å². The van der Waals surface area contributed by atoms with Crippen molar-refractivity contribution in [1.29, 1.82) is 0 Å². The third-order valence-electron chi connectivity index (χ3n) is 3.23. The van der Waals surface area contributed by atoms with Gasteiger partial charge < -0.3 is 10.1 Å². The van der Waals surface area contributed by atoms with Crippen LogP contribution in [-0.2, 0) is 4.74 Å². The van der Waals surface area contributed by atoms with Gasteiger partial charge in [-0.15, -0.1) is 11.8 Å². The monoisotopic (exact) mass is 295 g/mol. The van der Waals surface area contributed by atoms with Crippen LogP contribution in [0.4, 0.5) is 0 Å². The number of hydrogen-bond donors (Lipinski definition) is 1. The molecule has 1 aromatic carbocycles. The number of nitrogens with one attached hydrogen (secondary N) is 1. The smallest absolute Gasteiger partial charge is 0.0560 e. The highest BCUT2D eigenvalue weighted by Crippen LogP contribution is 2.21. The summed E-state index contributed by atoms with van der Waals surface area (Å²) in [5.74, 6) is 1.76. The first kappa shape index (κ1) is 17.5. The van der Waals surface area contributed by atoms with Crippen LogP contribution in [0.3, 0.4) is 0 Å². The molecule has 20 heavy (non-hydrogen) atoms. The summed E-state index contributed by atoms with van der Waals surface area (Å²) in [5, 5.41) is 3.43. The van der Waals surface area contributed by atoms with Crippen LogP contribution in [0.25, 0.3) is 0 Å². The summed E-state index contributed by atoms with van der Waals surface area (Å²) in [6.07, 6.45) is 1.15. The summed E-state index contributed by atoms with van der Waals surface area (Å²) in [4.78, 5) is 1.32. The van der Waals surface area contributed by atoms with Crippen LogP contribution in [-0.4, -0.2) is 25.5 Å². The van der Waals surface area contributed by atoms with E-state index in [1.807, 2.05) is 11.8 Å². The van der Waals surface area contributed by atoms with Gasteiger partial charge in [-0.1, -0.05) is 32.9 Å². The molecule has 0 aliphatic heterocycles. The molecule has 0 fully saturated rings. The van der Waals surface area contributed by atoms with Gasteiger partial charge in [-0.25, -0.2) is 0 Å². The van der Waals surface area contributed by atoms with E-state index in [4.69, 9.17) is 4.74 Å². The first-order valence-electron chi connectivity index (χ1n) is 7.67. The zero-order chi connectivity index (χ0) is 14.8. The molecular formula is C17H29NOS. The van der Waals surface area contributed by atoms with Gasteiger partial charge in [0.2, 0.25) is 0 Å². The van der Waals surface area contributed by atoms with Crippen LogP contribution < -0.4 is 5.32 Å². The fourth-order valence-corrected chi connectivity index (χ4v) is 2.68. The second-order valence-electron chi connectivity index (χ2n) is 5.49. The van der Waals surface area contributed by atoms with Crippen molar-refractivity contribution in [2.45, 2.75) is 45.1 Å². The van der Waals surface area contributed by atoms with Gasteiger partial charge in [0.15, 0.2) is 0 Å². The molecule has 1 N–H and O–H groups in total. The zero-order valence-corrected chi connectivity index (χ0v) is 14.1. The van der Waals surface area contributed by atoms with E-state index >= 15 is 0 Å². The van der Waals surface area contributed by atoms with Gasteiger partial charge in [-0.3, -0.25) is 0 Å². The first-order valence-corrected chi connectivity index (χ1v) is 8.66. The Hall–Kier alpha value is -0.510. The maximum Gasteiger partial charge on any atom is 0.0560 e. The molecule has 1 atom stereocenters. The molecule has 0 aromatic heterocycles. The molecule has 0 heterocycles. The van der Waals surface area contributed by atoms with Gasteiger partial charge >= 0.3 is 0 Å². The van der Waals surface area contributed by atoms with Gasteiger partial charge in [0.1, 0.15) is 0 Å². The summed E-state index contributed by atoms with van der Waals surface area (Å²) in [6.45, 7) is 11.5. The molecule has 0 radical (unpaired) electrons. The van der Waals surface area contributed by atoms with E-state index in [2.05, 4.69) is 57.3 Å². The Morgan fingerprint density at radius 1 is 1.10 bits per heavy atom. The lowest BCUT2D eigenvalue weighted by molar-refractivity contribution is 0.138. The van der Waals surface area contributed by atoms with E-state index in [9.17, 15) is 0 Å². The molecule has 0 aliphatic carbocycles. The Labute approximate surface area is 128 Å². The molecule has 1 rings (SSSR count). The van der Waals surface area contributed by atoms with Crippen molar-refractivity contribution in [2.24, 2.45) is 5.92 Å². The van der Waals surface area contributed by atoms with E-state index in [1.54, 1.807) is 0 Å². The third-order valence-corrected chi connectivity index (χ3v) is 4.20. The Balaban J connectivity index is 2.21. The summed E-state index contributed by atoms with van der Waals surface area (Å²) in [5.41, 5.74) is 1.35. The summed E-state index contributed by atoms with van der Waals surface area (Å²) in [7, 11) is 0. The third kappa shape index (κ3) is 7.32. The standard InChI is InChI=1S/C17H29NOS/c1-5-18-15(4)16-6-8-17(9-7-16)20-13-12-19-11-10-14(2)3/h6-9,14-15,18H,5,10-13H2,1-4H3. The molecule has 1 aromatic rings. The quantitative estimate of drug-likeness (QED) is 0.507. The van der Waals surface area contributed by atoms with Crippen LogP contribution in [0.15, 0.2) is 29.2 Å². The lowest BCUT2D eigenvalue weighted by atomic mass is 10.1. The van der Waals surface area contributed by atoms with E-state index in [-0.39, 0.29) is 0 Å². The number of rotatable bonds is 10. The predicted octanol–water partition coefficient (Wildman–Crippen LogP) is 4.51. The molecule has 0 bridgehead atoms. The molecule has 2 nitrogen and oxygen atoms in total. The summed E-state index contributed by atoms with van der Waals surface area (Å²) >= 11 is 1.87. The van der Waals surface area contributed by atoms with Crippen molar-refractivity contribution in [3.05, 3.63) is 29.8 Å². The van der Waals surface area contributed by atoms with Crippen molar-refractivity contribution in [1.82, 2.24) is 5.32 Å². The van der Waals surface area contributed by atoms with Gasteiger partial charge in [0.25, 0.3) is 0 Å². The lowest BCUT2D eigenvalue weighted by Crippen LogP contribution is -2.17. The minimum absolute atomic E-state index is 0.429. The summed E-state index contributed by atoms with van der Waals surface area (Å²) in [6, 6.07) is 9.28. The minimum atomic E-state index is 0.429. The maximum absolute atomic E-state index is 5.63. The van der Waals surface area contributed by atoms with E-state index in [0.29, 0.717) is 6.04 Å². The average molecular weight is 295 g/mol. The first-order chi connectivity index (χ1) is 9.63. The van der Waals surface area contributed by atoms with Crippen LogP contribution in [0, 0.1) is 5.92 Å². The molecule has 0 amide bonds. The maximum atomic E-state index is 5.63. The van der Waals surface area contributed by atoms with Crippen molar-refractivity contribution in [3.8, 4) is 0 Å². The number of ether oxygens (including phenoxy) is 1. The molecule has 0 saturated carbocycles. The van der Waals surface area contributed by atoms with Crippen molar-refractivity contribution in [2.75, 3.05) is 25.5 Å². The second-order valence-corrected chi connectivity index (χ2v) is 6.66. The normalized spacial score (nSPS) is 12.8. The highest BCUT2D eigenvalue weighted by Gasteiger charge is 2.03. The van der Waals surface area contributed by atoms with E-state index in [0.717, 1.165) is 37.9 Å². The van der Waals surface area contributed by atoms with Gasteiger partial charge in [0, 0.05) is 23.3 Å². The van der Waals surface area contributed by atoms with Crippen molar-refractivity contribution < 1.29 is 4.74 Å². The van der Waals surface area contributed by atoms with Crippen LogP contribution in [0.1, 0.15) is 45.7 Å². The van der Waals surface area contributed by atoms with E-state index < -0.39 is 0 Å². The number of hydrogen-bond acceptors (Lipinski definition) is 3. The van der Waals surface area contributed by atoms with E-state index in [1.165, 1.54) is 10.5 Å². The van der Waals surface area contributed by atoms with Crippen LogP contribution in [0.2, 0.25) is 0 Å². The highest BCUT2D eigenvalue weighted by atomic mass is 32.2. The van der Waals surface area contributed by atoms with Gasteiger partial charge in [-0.2, -0.15) is 0 Å².